The summed E-state index contributed by atoms with van der Waals surface area (Å²) in [6, 6.07) is 7.26. The van der Waals surface area contributed by atoms with Gasteiger partial charge in [0.1, 0.15) is 0 Å². The number of nitrogens with one attached hydrogen (secondary N) is 1. The van der Waals surface area contributed by atoms with E-state index in [1.54, 1.807) is 6.92 Å². The molecule has 0 heterocycles. The monoisotopic (exact) mass is 290 g/mol. The molecule has 1 saturated carbocycles. The minimum absolute atomic E-state index is 0.172. The highest BCUT2D eigenvalue weighted by atomic mass is 16.5. The third kappa shape index (κ3) is 5.14. The number of hydrogen-bond donors (Lipinski definition) is 2. The van der Waals surface area contributed by atoms with E-state index in [1.165, 1.54) is 12.8 Å². The molecule has 0 spiro atoms. The van der Waals surface area contributed by atoms with Crippen molar-refractivity contribution in [3.8, 4) is 0 Å². The lowest BCUT2D eigenvalue weighted by atomic mass is 9.89. The molecule has 2 rings (SSSR count). The molecule has 0 saturated heterocycles. The first-order chi connectivity index (χ1) is 10.0. The van der Waals surface area contributed by atoms with Crippen LogP contribution in [0.4, 0.5) is 5.69 Å². The smallest absolute Gasteiger partial charge is 0.240 e. The zero-order valence-corrected chi connectivity index (χ0v) is 13.0. The summed E-state index contributed by atoms with van der Waals surface area (Å²) in [4.78, 5) is 11.6. The van der Waals surface area contributed by atoms with Crippen molar-refractivity contribution in [1.82, 2.24) is 0 Å². The van der Waals surface area contributed by atoms with Gasteiger partial charge in [-0.3, -0.25) is 4.79 Å². The Hall–Kier alpha value is -1.39. The molecule has 2 unspecified atom stereocenters. The number of ether oxygens (including phenoxy) is 1. The molecule has 1 aliphatic carbocycles. The van der Waals surface area contributed by atoms with Crippen LogP contribution in [-0.2, 0) is 16.1 Å². The lowest BCUT2D eigenvalue weighted by molar-refractivity contribution is -0.117. The van der Waals surface area contributed by atoms with E-state index in [0.717, 1.165) is 30.0 Å². The molecular formula is C17H26N2O2. The minimum atomic E-state index is -0.506. The maximum Gasteiger partial charge on any atom is 0.240 e. The van der Waals surface area contributed by atoms with Gasteiger partial charge >= 0.3 is 0 Å². The first-order valence-electron chi connectivity index (χ1n) is 7.81. The van der Waals surface area contributed by atoms with Crippen LogP contribution in [0.3, 0.4) is 0 Å². The van der Waals surface area contributed by atoms with E-state index in [-0.39, 0.29) is 5.91 Å². The average molecular weight is 290 g/mol. The van der Waals surface area contributed by atoms with Gasteiger partial charge in [-0.05, 0) is 43.4 Å². The van der Waals surface area contributed by atoms with Gasteiger partial charge in [0, 0.05) is 5.69 Å². The fraction of sp³-hybridized carbons (Fsp3) is 0.588. The van der Waals surface area contributed by atoms with Crippen LogP contribution in [0.1, 0.15) is 45.1 Å². The summed E-state index contributed by atoms with van der Waals surface area (Å²) >= 11 is 0. The standard InChI is InChI=1S/C17H26N2O2/c1-12-5-3-8-16(9-12)21-11-14-6-4-7-15(10-14)19-17(20)13(2)18/h4,6-7,10,12-13,16H,3,5,8-9,11,18H2,1-2H3,(H,19,20)/t12?,13-,16?/m1/s1. The second-order valence-corrected chi connectivity index (χ2v) is 6.18. The number of anilines is 1. The molecule has 1 aromatic rings. The lowest BCUT2D eigenvalue weighted by Crippen LogP contribution is -2.32. The van der Waals surface area contributed by atoms with E-state index in [9.17, 15) is 4.79 Å². The number of hydrogen-bond acceptors (Lipinski definition) is 3. The Balaban J connectivity index is 1.87. The van der Waals surface area contributed by atoms with Crippen LogP contribution in [0.5, 0.6) is 0 Å². The maximum absolute atomic E-state index is 11.6. The number of benzene rings is 1. The predicted molar refractivity (Wildman–Crippen MR) is 84.9 cm³/mol. The molecule has 116 valence electrons. The zero-order chi connectivity index (χ0) is 15.2. The van der Waals surface area contributed by atoms with Gasteiger partial charge in [-0.25, -0.2) is 0 Å². The van der Waals surface area contributed by atoms with Crippen molar-refractivity contribution in [3.63, 3.8) is 0 Å². The Morgan fingerprint density at radius 2 is 2.29 bits per heavy atom. The van der Waals surface area contributed by atoms with Crippen LogP contribution in [0.2, 0.25) is 0 Å². The van der Waals surface area contributed by atoms with E-state index < -0.39 is 6.04 Å². The van der Waals surface area contributed by atoms with Crippen LogP contribution in [0, 0.1) is 5.92 Å². The molecule has 3 atom stereocenters. The van der Waals surface area contributed by atoms with Crippen LogP contribution >= 0.6 is 0 Å². The van der Waals surface area contributed by atoms with Gasteiger partial charge in [-0.15, -0.1) is 0 Å². The van der Waals surface area contributed by atoms with Crippen LogP contribution in [0.25, 0.3) is 0 Å². The van der Waals surface area contributed by atoms with Gasteiger partial charge in [0.25, 0.3) is 0 Å². The summed E-state index contributed by atoms with van der Waals surface area (Å²) in [5.41, 5.74) is 7.41. The van der Waals surface area contributed by atoms with E-state index in [4.69, 9.17) is 10.5 Å². The third-order valence-corrected chi connectivity index (χ3v) is 3.98. The number of nitrogens with two attached hydrogens (primary N) is 1. The van der Waals surface area contributed by atoms with Crippen LogP contribution in [0.15, 0.2) is 24.3 Å². The first-order valence-corrected chi connectivity index (χ1v) is 7.81. The Morgan fingerprint density at radius 3 is 3.00 bits per heavy atom. The molecule has 1 aliphatic rings. The van der Waals surface area contributed by atoms with Crippen molar-refractivity contribution in [2.24, 2.45) is 11.7 Å². The van der Waals surface area contributed by atoms with Crippen LogP contribution < -0.4 is 11.1 Å². The molecule has 0 bridgehead atoms. The Morgan fingerprint density at radius 1 is 1.48 bits per heavy atom. The molecule has 1 amide bonds. The lowest BCUT2D eigenvalue weighted by Gasteiger charge is -2.26. The van der Waals surface area contributed by atoms with E-state index in [2.05, 4.69) is 12.2 Å². The SMILES string of the molecule is CC1CCCC(OCc2cccc(NC(=O)[C@@H](C)N)c2)C1. The Bertz CT molecular complexity index is 474. The molecule has 0 radical (unpaired) electrons. The maximum atomic E-state index is 11.6. The van der Waals surface area contributed by atoms with E-state index in [0.29, 0.717) is 12.7 Å². The molecule has 0 aliphatic heterocycles. The topological polar surface area (TPSA) is 64.3 Å². The van der Waals surface area contributed by atoms with Crippen molar-refractivity contribution < 1.29 is 9.53 Å². The highest BCUT2D eigenvalue weighted by molar-refractivity contribution is 5.94. The summed E-state index contributed by atoms with van der Waals surface area (Å²) in [7, 11) is 0. The van der Waals surface area contributed by atoms with Gasteiger partial charge in [0.2, 0.25) is 5.91 Å². The van der Waals surface area contributed by atoms with Crippen molar-refractivity contribution >= 4 is 11.6 Å². The van der Waals surface area contributed by atoms with Gasteiger partial charge in [-0.1, -0.05) is 31.9 Å². The van der Waals surface area contributed by atoms with Gasteiger partial charge in [0.05, 0.1) is 18.8 Å². The molecule has 0 aromatic heterocycles. The molecule has 1 fully saturated rings. The highest BCUT2D eigenvalue weighted by Gasteiger charge is 2.19. The van der Waals surface area contributed by atoms with Crippen molar-refractivity contribution in [2.45, 2.75) is 58.3 Å². The van der Waals surface area contributed by atoms with Crippen molar-refractivity contribution in [1.29, 1.82) is 0 Å². The third-order valence-electron chi connectivity index (χ3n) is 3.98. The van der Waals surface area contributed by atoms with Crippen molar-refractivity contribution in [2.75, 3.05) is 5.32 Å². The highest BCUT2D eigenvalue weighted by Crippen LogP contribution is 2.26. The van der Waals surface area contributed by atoms with Crippen LogP contribution in [-0.4, -0.2) is 18.1 Å². The molecule has 3 N–H and O–H groups in total. The number of amides is 1. The van der Waals surface area contributed by atoms with E-state index in [1.807, 2.05) is 24.3 Å². The quantitative estimate of drug-likeness (QED) is 0.876. The van der Waals surface area contributed by atoms with Gasteiger partial charge < -0.3 is 15.8 Å². The molecule has 21 heavy (non-hydrogen) atoms. The second kappa shape index (κ2) is 7.57. The number of carbonyl (C=O) groups is 1. The van der Waals surface area contributed by atoms with Crippen molar-refractivity contribution in [3.05, 3.63) is 29.8 Å². The summed E-state index contributed by atoms with van der Waals surface area (Å²) < 4.78 is 6.01. The number of rotatable bonds is 5. The Labute approximate surface area is 127 Å². The van der Waals surface area contributed by atoms with Gasteiger partial charge in [-0.2, -0.15) is 0 Å². The fourth-order valence-corrected chi connectivity index (χ4v) is 2.74. The summed E-state index contributed by atoms with van der Waals surface area (Å²) in [5.74, 6) is 0.592. The predicted octanol–water partition coefficient (Wildman–Crippen LogP) is 3.07. The van der Waals surface area contributed by atoms with Gasteiger partial charge in [0.15, 0.2) is 0 Å². The second-order valence-electron chi connectivity index (χ2n) is 6.18. The molecule has 1 aromatic carbocycles. The molecule has 4 nitrogen and oxygen atoms in total. The summed E-state index contributed by atoms with van der Waals surface area (Å²) in [6.45, 7) is 4.56. The average Bonchev–Trinajstić information content (AvgIpc) is 2.45. The Kier molecular flexibility index (Phi) is 5.76. The zero-order valence-electron chi connectivity index (χ0n) is 13.0. The first kappa shape index (κ1) is 16.0. The minimum Gasteiger partial charge on any atom is -0.374 e. The summed E-state index contributed by atoms with van der Waals surface area (Å²) in [6.07, 6.45) is 5.26. The summed E-state index contributed by atoms with van der Waals surface area (Å²) in [5, 5.41) is 2.81. The largest absolute Gasteiger partial charge is 0.374 e. The van der Waals surface area contributed by atoms with E-state index >= 15 is 0 Å². The number of carbonyl (C=O) groups excluding carboxylic acids is 1. The fourth-order valence-electron chi connectivity index (χ4n) is 2.74. The normalized spacial score (nSPS) is 23.6. The molecule has 4 heteroatoms. The molecular weight excluding hydrogens is 264 g/mol.